The van der Waals surface area contributed by atoms with E-state index in [-0.39, 0.29) is 19.8 Å². The fourth-order valence-electron chi connectivity index (χ4n) is 1.11. The minimum atomic E-state index is -0.672. The van der Waals surface area contributed by atoms with Crippen LogP contribution >= 0.6 is 0 Å². The van der Waals surface area contributed by atoms with Crippen LogP contribution in [0, 0.1) is 0 Å². The average molecular weight is 258 g/mol. The standard InChI is InChI=1S/C12H22N2O4/c1-4-7-8-9-10-14(12(16)18-6-3)13-11(15)17-5-2/h8-9H,4-7,10H2,1-3H3,(H,13,15)/b9-8+. The number of hydrazine groups is 1. The second-order valence-electron chi connectivity index (χ2n) is 3.40. The Balaban J connectivity index is 4.32. The predicted molar refractivity (Wildman–Crippen MR) is 67.9 cm³/mol. The van der Waals surface area contributed by atoms with Crippen molar-refractivity contribution in [3.8, 4) is 0 Å². The predicted octanol–water partition coefficient (Wildman–Crippen LogP) is 2.46. The molecule has 0 aromatic rings. The monoisotopic (exact) mass is 258 g/mol. The first-order valence-corrected chi connectivity index (χ1v) is 6.18. The van der Waals surface area contributed by atoms with Gasteiger partial charge in [-0.1, -0.05) is 25.5 Å². The van der Waals surface area contributed by atoms with Crippen LogP contribution < -0.4 is 5.43 Å². The number of hydrogen-bond acceptors (Lipinski definition) is 4. The first kappa shape index (κ1) is 16.3. The van der Waals surface area contributed by atoms with Gasteiger partial charge in [-0.3, -0.25) is 0 Å². The van der Waals surface area contributed by atoms with E-state index < -0.39 is 12.2 Å². The number of hydrogen-bond donors (Lipinski definition) is 1. The summed E-state index contributed by atoms with van der Waals surface area (Å²) in [5.41, 5.74) is 2.33. The molecule has 0 rings (SSSR count). The maximum atomic E-state index is 11.5. The van der Waals surface area contributed by atoms with E-state index in [1.807, 2.05) is 6.08 Å². The summed E-state index contributed by atoms with van der Waals surface area (Å²) in [6.07, 6.45) is 4.42. The van der Waals surface area contributed by atoms with Crippen LogP contribution in [-0.4, -0.2) is 37.0 Å². The van der Waals surface area contributed by atoms with E-state index in [4.69, 9.17) is 9.47 Å². The zero-order chi connectivity index (χ0) is 13.8. The van der Waals surface area contributed by atoms with Crippen molar-refractivity contribution in [1.82, 2.24) is 10.4 Å². The molecule has 0 fully saturated rings. The fraction of sp³-hybridized carbons (Fsp3) is 0.667. The molecule has 0 spiro atoms. The van der Waals surface area contributed by atoms with Gasteiger partial charge >= 0.3 is 12.2 Å². The van der Waals surface area contributed by atoms with Gasteiger partial charge in [0.1, 0.15) is 0 Å². The van der Waals surface area contributed by atoms with E-state index in [0.29, 0.717) is 0 Å². The van der Waals surface area contributed by atoms with Crippen LogP contribution in [0.5, 0.6) is 0 Å². The summed E-state index contributed by atoms with van der Waals surface area (Å²) in [5, 5.41) is 1.08. The molecule has 0 bridgehead atoms. The van der Waals surface area contributed by atoms with E-state index in [9.17, 15) is 9.59 Å². The molecule has 0 atom stereocenters. The number of ether oxygens (including phenoxy) is 2. The Hall–Kier alpha value is -1.72. The van der Waals surface area contributed by atoms with Gasteiger partial charge in [0.2, 0.25) is 0 Å². The van der Waals surface area contributed by atoms with Crippen molar-refractivity contribution in [2.24, 2.45) is 0 Å². The highest BCUT2D eigenvalue weighted by Gasteiger charge is 2.16. The van der Waals surface area contributed by atoms with Crippen molar-refractivity contribution >= 4 is 12.2 Å². The quantitative estimate of drug-likeness (QED) is 0.587. The van der Waals surface area contributed by atoms with E-state index in [0.717, 1.165) is 17.9 Å². The lowest BCUT2D eigenvalue weighted by Gasteiger charge is -2.20. The molecule has 6 nitrogen and oxygen atoms in total. The molecule has 0 radical (unpaired) electrons. The van der Waals surface area contributed by atoms with Crippen LogP contribution in [0.4, 0.5) is 9.59 Å². The number of carbonyl (C=O) groups is 2. The Bertz CT molecular complexity index is 279. The van der Waals surface area contributed by atoms with Crippen molar-refractivity contribution in [1.29, 1.82) is 0 Å². The number of nitrogens with one attached hydrogen (secondary N) is 1. The van der Waals surface area contributed by atoms with Crippen molar-refractivity contribution in [2.75, 3.05) is 19.8 Å². The first-order valence-electron chi connectivity index (χ1n) is 6.18. The summed E-state index contributed by atoms with van der Waals surface area (Å²) in [5.74, 6) is 0. The van der Waals surface area contributed by atoms with Crippen molar-refractivity contribution in [2.45, 2.75) is 33.6 Å². The second kappa shape index (κ2) is 10.4. The molecule has 0 heterocycles. The van der Waals surface area contributed by atoms with E-state index in [1.54, 1.807) is 19.9 Å². The van der Waals surface area contributed by atoms with E-state index in [1.165, 1.54) is 0 Å². The highest BCUT2D eigenvalue weighted by atomic mass is 16.6. The summed E-state index contributed by atoms with van der Waals surface area (Å²) in [7, 11) is 0. The van der Waals surface area contributed by atoms with Crippen LogP contribution in [0.1, 0.15) is 33.6 Å². The molecule has 0 aromatic carbocycles. The number of nitrogens with zero attached hydrogens (tertiary/aromatic N) is 1. The summed E-state index contributed by atoms with van der Waals surface area (Å²) in [6, 6.07) is 0. The highest BCUT2D eigenvalue weighted by Crippen LogP contribution is 1.95. The fourth-order valence-corrected chi connectivity index (χ4v) is 1.11. The SMILES string of the molecule is CCC/C=C/CN(NC(=O)OCC)C(=O)OCC. The summed E-state index contributed by atoms with van der Waals surface area (Å²) >= 11 is 0. The van der Waals surface area contributed by atoms with Gasteiger partial charge in [-0.2, -0.15) is 0 Å². The van der Waals surface area contributed by atoms with Gasteiger partial charge in [0.25, 0.3) is 0 Å². The van der Waals surface area contributed by atoms with Crippen LogP contribution in [-0.2, 0) is 9.47 Å². The van der Waals surface area contributed by atoms with Gasteiger partial charge in [0.05, 0.1) is 19.8 Å². The number of unbranched alkanes of at least 4 members (excludes halogenated alkanes) is 1. The third-order valence-corrected chi connectivity index (χ3v) is 1.90. The topological polar surface area (TPSA) is 67.9 Å². The average Bonchev–Trinajstić information content (AvgIpc) is 2.33. The van der Waals surface area contributed by atoms with Crippen molar-refractivity contribution in [3.63, 3.8) is 0 Å². The van der Waals surface area contributed by atoms with Crippen molar-refractivity contribution in [3.05, 3.63) is 12.2 Å². The summed E-state index contributed by atoms with van der Waals surface area (Å²) in [6.45, 7) is 6.19. The number of amides is 2. The minimum absolute atomic E-state index is 0.244. The third kappa shape index (κ3) is 7.54. The van der Waals surface area contributed by atoms with Gasteiger partial charge in [0.15, 0.2) is 0 Å². The molecule has 0 saturated carbocycles. The lowest BCUT2D eigenvalue weighted by Crippen LogP contribution is -2.46. The molecule has 0 aliphatic rings. The number of allylic oxidation sites excluding steroid dienone is 1. The van der Waals surface area contributed by atoms with Crippen LogP contribution in [0.25, 0.3) is 0 Å². The molecule has 2 amide bonds. The van der Waals surface area contributed by atoms with Gasteiger partial charge in [-0.05, 0) is 20.3 Å². The second-order valence-corrected chi connectivity index (χ2v) is 3.40. The van der Waals surface area contributed by atoms with Gasteiger partial charge < -0.3 is 9.47 Å². The molecule has 104 valence electrons. The minimum Gasteiger partial charge on any atom is -0.449 e. The van der Waals surface area contributed by atoms with Gasteiger partial charge in [-0.25, -0.2) is 20.0 Å². The molecule has 0 aliphatic heterocycles. The van der Waals surface area contributed by atoms with E-state index in [2.05, 4.69) is 12.3 Å². The van der Waals surface area contributed by atoms with Crippen LogP contribution in [0.2, 0.25) is 0 Å². The van der Waals surface area contributed by atoms with E-state index >= 15 is 0 Å². The van der Waals surface area contributed by atoms with Crippen LogP contribution in [0.3, 0.4) is 0 Å². The lowest BCUT2D eigenvalue weighted by atomic mass is 10.3. The Morgan fingerprint density at radius 3 is 2.33 bits per heavy atom. The van der Waals surface area contributed by atoms with Crippen LogP contribution in [0.15, 0.2) is 12.2 Å². The van der Waals surface area contributed by atoms with Gasteiger partial charge in [0, 0.05) is 0 Å². The molecular weight excluding hydrogens is 236 g/mol. The maximum absolute atomic E-state index is 11.5. The molecule has 0 unspecified atom stereocenters. The molecule has 6 heteroatoms. The first-order chi connectivity index (χ1) is 8.65. The molecular formula is C12H22N2O4. The Labute approximate surface area is 108 Å². The zero-order valence-corrected chi connectivity index (χ0v) is 11.3. The molecule has 0 aromatic heterocycles. The maximum Gasteiger partial charge on any atom is 0.429 e. The molecule has 0 saturated heterocycles. The molecule has 1 N–H and O–H groups in total. The largest absolute Gasteiger partial charge is 0.449 e. The Morgan fingerprint density at radius 2 is 1.78 bits per heavy atom. The normalized spacial score (nSPS) is 10.2. The summed E-state index contributed by atoms with van der Waals surface area (Å²) < 4.78 is 9.53. The summed E-state index contributed by atoms with van der Waals surface area (Å²) in [4.78, 5) is 22.8. The number of carbonyl (C=O) groups excluding carboxylic acids is 2. The Morgan fingerprint density at radius 1 is 1.11 bits per heavy atom. The molecule has 0 aliphatic carbocycles. The number of rotatable bonds is 6. The zero-order valence-electron chi connectivity index (χ0n) is 11.3. The van der Waals surface area contributed by atoms with Crippen molar-refractivity contribution < 1.29 is 19.1 Å². The molecule has 18 heavy (non-hydrogen) atoms. The lowest BCUT2D eigenvalue weighted by molar-refractivity contribution is 0.0791. The van der Waals surface area contributed by atoms with Gasteiger partial charge in [-0.15, -0.1) is 0 Å². The Kier molecular flexibility index (Phi) is 9.44. The highest BCUT2D eigenvalue weighted by molar-refractivity contribution is 5.74. The third-order valence-electron chi connectivity index (χ3n) is 1.90. The smallest absolute Gasteiger partial charge is 0.429 e.